The molecular formula is C19H18ClN7O5S4. The molecule has 4 heterocycles. The van der Waals surface area contributed by atoms with Gasteiger partial charge in [-0.1, -0.05) is 34.7 Å². The fourth-order valence-corrected chi connectivity index (χ4v) is 7.90. The van der Waals surface area contributed by atoms with E-state index < -0.39 is 35.2 Å². The number of halogens is 1. The van der Waals surface area contributed by atoms with Crippen LogP contribution in [-0.2, 0) is 14.4 Å². The van der Waals surface area contributed by atoms with Gasteiger partial charge in [-0.15, -0.1) is 28.4 Å². The standard InChI is InChI=1S/C19H18ClN7O5S4/c20-14-10(25-19(22)36-14)11(26-32)15(28)24-12-16(29)27-13(18(30)31)9(6-34-17(12)27)35-7-1-3-23-5-8(7)33-4-2-21/h1,3,5,11-12,17H,2,4,6,21H2,(H2,22,25)(H,24,28)(H,30,31)/t11?,12-,17+/m1/s1. The third-order valence-corrected chi connectivity index (χ3v) is 9.97. The molecule has 17 heteroatoms. The number of nitroso groups, excluding NO2 is 1. The molecule has 2 aliphatic rings. The molecule has 2 aromatic heterocycles. The summed E-state index contributed by atoms with van der Waals surface area (Å²) >= 11 is 10.9. The van der Waals surface area contributed by atoms with Crippen molar-refractivity contribution in [2.24, 2.45) is 10.9 Å². The van der Waals surface area contributed by atoms with Crippen LogP contribution in [0.4, 0.5) is 5.13 Å². The van der Waals surface area contributed by atoms with Gasteiger partial charge in [-0.2, -0.15) is 0 Å². The van der Waals surface area contributed by atoms with Crippen LogP contribution in [0.15, 0.2) is 44.0 Å². The molecule has 0 bridgehead atoms. The minimum atomic E-state index is -1.60. The van der Waals surface area contributed by atoms with Crippen LogP contribution >= 0.6 is 58.2 Å². The van der Waals surface area contributed by atoms with Gasteiger partial charge in [0.15, 0.2) is 5.13 Å². The number of thioether (sulfide) groups is 3. The molecule has 6 N–H and O–H groups in total. The summed E-state index contributed by atoms with van der Waals surface area (Å²) in [5.41, 5.74) is 10.9. The van der Waals surface area contributed by atoms with Crippen molar-refractivity contribution in [1.29, 1.82) is 0 Å². The lowest BCUT2D eigenvalue weighted by Gasteiger charge is -2.49. The van der Waals surface area contributed by atoms with Gasteiger partial charge in [0, 0.05) is 45.1 Å². The summed E-state index contributed by atoms with van der Waals surface area (Å²) in [7, 11) is 0. The first-order valence-corrected chi connectivity index (χ1v) is 14.2. The highest BCUT2D eigenvalue weighted by Gasteiger charge is 2.55. The largest absolute Gasteiger partial charge is 0.477 e. The Kier molecular flexibility index (Phi) is 8.41. The molecule has 0 spiro atoms. The highest BCUT2D eigenvalue weighted by Crippen LogP contribution is 2.46. The van der Waals surface area contributed by atoms with Gasteiger partial charge in [-0.25, -0.2) is 9.78 Å². The smallest absolute Gasteiger partial charge is 0.353 e. The molecule has 2 aromatic rings. The number of carboxylic acids is 1. The molecule has 1 fully saturated rings. The Labute approximate surface area is 226 Å². The second kappa shape index (κ2) is 11.4. The Bertz CT molecular complexity index is 1260. The second-order valence-corrected chi connectivity index (χ2v) is 12.3. The van der Waals surface area contributed by atoms with E-state index in [0.29, 0.717) is 23.0 Å². The summed E-state index contributed by atoms with van der Waals surface area (Å²) < 4.78 is 0.0405. The fourth-order valence-electron chi connectivity index (χ4n) is 3.48. The van der Waals surface area contributed by atoms with Crippen molar-refractivity contribution >= 4 is 81.1 Å². The lowest BCUT2D eigenvalue weighted by Crippen LogP contribution is -2.70. The summed E-state index contributed by atoms with van der Waals surface area (Å²) in [6, 6.07) is -0.867. The van der Waals surface area contributed by atoms with Crippen molar-refractivity contribution in [3.05, 3.63) is 44.0 Å². The number of thiazole rings is 1. The van der Waals surface area contributed by atoms with Gasteiger partial charge < -0.3 is 21.9 Å². The van der Waals surface area contributed by atoms with Crippen molar-refractivity contribution in [3.63, 3.8) is 0 Å². The topological polar surface area (TPSA) is 194 Å². The lowest BCUT2D eigenvalue weighted by molar-refractivity contribution is -0.150. The zero-order chi connectivity index (χ0) is 26.0. The van der Waals surface area contributed by atoms with Crippen LogP contribution in [0.25, 0.3) is 0 Å². The Morgan fingerprint density at radius 2 is 2.19 bits per heavy atom. The van der Waals surface area contributed by atoms with Crippen LogP contribution in [0.2, 0.25) is 4.34 Å². The quantitative estimate of drug-likeness (QED) is 0.180. The average Bonchev–Trinajstić information content (AvgIpc) is 3.19. The van der Waals surface area contributed by atoms with E-state index in [1.165, 1.54) is 35.3 Å². The molecule has 0 saturated carbocycles. The maximum atomic E-state index is 13.0. The molecule has 1 saturated heterocycles. The van der Waals surface area contributed by atoms with E-state index in [1.54, 1.807) is 18.5 Å². The van der Waals surface area contributed by atoms with E-state index in [9.17, 15) is 24.4 Å². The van der Waals surface area contributed by atoms with E-state index in [-0.39, 0.29) is 20.9 Å². The molecule has 36 heavy (non-hydrogen) atoms. The minimum Gasteiger partial charge on any atom is -0.477 e. The number of nitrogens with one attached hydrogen (secondary N) is 1. The average molecular weight is 588 g/mol. The number of nitrogens with zero attached hydrogens (tertiary/aromatic N) is 4. The number of hydrogen-bond donors (Lipinski definition) is 4. The Hall–Kier alpha value is -2.37. The van der Waals surface area contributed by atoms with Gasteiger partial charge in [0.05, 0.1) is 0 Å². The van der Waals surface area contributed by atoms with Crippen LogP contribution in [0, 0.1) is 4.91 Å². The number of nitrogens with two attached hydrogens (primary N) is 2. The predicted molar refractivity (Wildman–Crippen MR) is 140 cm³/mol. The molecule has 12 nitrogen and oxygen atoms in total. The molecule has 2 aliphatic heterocycles. The Morgan fingerprint density at radius 1 is 1.42 bits per heavy atom. The number of pyridine rings is 1. The fraction of sp³-hybridized carbons (Fsp3) is 0.316. The molecule has 0 aromatic carbocycles. The number of carbonyl (C=O) groups excluding carboxylic acids is 2. The van der Waals surface area contributed by atoms with Crippen molar-refractivity contribution < 1.29 is 19.5 Å². The first-order valence-electron chi connectivity index (χ1n) is 10.2. The summed E-state index contributed by atoms with van der Waals surface area (Å²) in [6.07, 6.45) is 3.29. The number of β-lactam (4-membered cyclic amide) rings is 1. The summed E-state index contributed by atoms with van der Waals surface area (Å²) in [5, 5.41) is 14.6. The van der Waals surface area contributed by atoms with E-state index >= 15 is 0 Å². The van der Waals surface area contributed by atoms with Gasteiger partial charge in [-0.05, 0) is 11.2 Å². The summed E-state index contributed by atoms with van der Waals surface area (Å²) in [4.78, 5) is 60.5. The highest BCUT2D eigenvalue weighted by atomic mass is 35.5. The van der Waals surface area contributed by atoms with Gasteiger partial charge in [0.2, 0.25) is 6.04 Å². The number of amides is 2. The molecule has 1 unspecified atom stereocenters. The molecule has 3 atom stereocenters. The van der Waals surface area contributed by atoms with Gasteiger partial charge in [0.1, 0.15) is 27.1 Å². The Morgan fingerprint density at radius 3 is 2.83 bits per heavy atom. The number of carboxylic acid groups (broad SMARTS) is 1. The molecular weight excluding hydrogens is 570 g/mol. The number of hydrogen-bond acceptors (Lipinski definition) is 13. The van der Waals surface area contributed by atoms with Crippen LogP contribution < -0.4 is 16.8 Å². The molecule has 190 valence electrons. The lowest BCUT2D eigenvalue weighted by atomic mass is 10.0. The van der Waals surface area contributed by atoms with Crippen LogP contribution in [0.1, 0.15) is 11.7 Å². The first-order chi connectivity index (χ1) is 17.3. The van der Waals surface area contributed by atoms with Crippen molar-refractivity contribution in [2.75, 3.05) is 23.8 Å². The van der Waals surface area contributed by atoms with Crippen molar-refractivity contribution in [1.82, 2.24) is 20.2 Å². The van der Waals surface area contributed by atoms with Crippen LogP contribution in [0.5, 0.6) is 0 Å². The van der Waals surface area contributed by atoms with Crippen molar-refractivity contribution in [2.45, 2.75) is 27.2 Å². The number of anilines is 1. The highest BCUT2D eigenvalue weighted by molar-refractivity contribution is 8.07. The van der Waals surface area contributed by atoms with E-state index in [4.69, 9.17) is 23.1 Å². The van der Waals surface area contributed by atoms with Gasteiger partial charge >= 0.3 is 5.97 Å². The third-order valence-electron chi connectivity index (χ3n) is 5.03. The monoisotopic (exact) mass is 587 g/mol. The van der Waals surface area contributed by atoms with Gasteiger partial charge in [-0.3, -0.25) is 19.5 Å². The second-order valence-electron chi connectivity index (χ2n) is 7.25. The number of rotatable bonds is 10. The summed E-state index contributed by atoms with van der Waals surface area (Å²) in [5.74, 6) is -1.79. The zero-order valence-electron chi connectivity index (χ0n) is 18.1. The number of fused-ring (bicyclic) bond motifs is 1. The SMILES string of the molecule is NCCSc1cnccc1SC1=C(C(=O)O)N2C(=O)[C@@H](NC(=O)C(N=O)c3nc(N)sc3Cl)[C@@H]2SC1. The normalized spacial score (nSPS) is 19.9. The number of nitrogen functional groups attached to an aromatic ring is 1. The van der Waals surface area contributed by atoms with E-state index in [2.05, 4.69) is 20.5 Å². The first kappa shape index (κ1) is 26.7. The number of aromatic nitrogens is 2. The van der Waals surface area contributed by atoms with E-state index in [1.807, 2.05) is 0 Å². The maximum absolute atomic E-state index is 13.0. The molecule has 2 amide bonds. The molecule has 4 rings (SSSR count). The zero-order valence-corrected chi connectivity index (χ0v) is 22.1. The Balaban J connectivity index is 1.53. The maximum Gasteiger partial charge on any atom is 0.353 e. The third kappa shape index (κ3) is 5.19. The predicted octanol–water partition coefficient (Wildman–Crippen LogP) is 2.12. The summed E-state index contributed by atoms with van der Waals surface area (Å²) in [6.45, 7) is 0.474. The molecule has 0 aliphatic carbocycles. The minimum absolute atomic E-state index is 0.0405. The van der Waals surface area contributed by atoms with Crippen LogP contribution in [-0.4, -0.2) is 67.2 Å². The van der Waals surface area contributed by atoms with E-state index in [0.717, 1.165) is 26.0 Å². The number of carbonyl (C=O) groups is 3. The van der Waals surface area contributed by atoms with Crippen LogP contribution in [0.3, 0.4) is 0 Å². The van der Waals surface area contributed by atoms with Gasteiger partial charge in [0.25, 0.3) is 11.8 Å². The molecule has 0 radical (unpaired) electrons. The van der Waals surface area contributed by atoms with Crippen molar-refractivity contribution in [3.8, 4) is 0 Å². The number of aliphatic carboxylic acids is 1.